The molecule has 0 saturated carbocycles. The van der Waals surface area contributed by atoms with Gasteiger partial charge >= 0.3 is 25.5 Å². The van der Waals surface area contributed by atoms with Gasteiger partial charge in [-0.25, -0.2) is 14.4 Å². The Balaban J connectivity index is 3.94. The van der Waals surface area contributed by atoms with Crippen molar-refractivity contribution in [1.82, 2.24) is 0 Å². The zero-order valence-electron chi connectivity index (χ0n) is 8.97. The second-order valence-corrected chi connectivity index (χ2v) is 4.88. The fraction of sp³-hybridized carbons (Fsp3) is 0. The zero-order chi connectivity index (χ0) is 15.0. The predicted octanol–water partition coefficient (Wildman–Crippen LogP) is -0.416. The molecule has 102 valence electrons. The number of benzene rings is 1. The quantitative estimate of drug-likeness (QED) is 0.462. The summed E-state index contributed by atoms with van der Waals surface area (Å²) in [7, 11) is -5.29. The van der Waals surface area contributed by atoms with E-state index in [9.17, 15) is 18.9 Å². The SMILES string of the molecule is O=C(O)c1ccc(C(=O)O)c(P(=O)(O)O)c1C(=O)O. The average molecular weight is 290 g/mol. The fourth-order valence-electron chi connectivity index (χ4n) is 1.46. The van der Waals surface area contributed by atoms with Gasteiger partial charge in [-0.2, -0.15) is 0 Å². The lowest BCUT2D eigenvalue weighted by Gasteiger charge is -2.13. The van der Waals surface area contributed by atoms with E-state index in [2.05, 4.69) is 0 Å². The minimum Gasteiger partial charge on any atom is -0.478 e. The van der Waals surface area contributed by atoms with E-state index in [1.54, 1.807) is 0 Å². The molecule has 1 aromatic rings. The Morgan fingerprint density at radius 1 is 0.842 bits per heavy atom. The summed E-state index contributed by atoms with van der Waals surface area (Å²) in [6, 6.07) is 1.29. The van der Waals surface area contributed by atoms with Crippen LogP contribution in [0.5, 0.6) is 0 Å². The minimum absolute atomic E-state index is 0.632. The summed E-state index contributed by atoms with van der Waals surface area (Å²) < 4.78 is 11.2. The van der Waals surface area contributed by atoms with Crippen LogP contribution in [0, 0.1) is 0 Å². The molecule has 0 spiro atoms. The number of carboxylic acids is 3. The third-order valence-corrected chi connectivity index (χ3v) is 3.19. The van der Waals surface area contributed by atoms with Crippen molar-refractivity contribution in [2.75, 3.05) is 0 Å². The fourth-order valence-corrected chi connectivity index (χ4v) is 2.45. The van der Waals surface area contributed by atoms with Gasteiger partial charge in [-0.05, 0) is 12.1 Å². The van der Waals surface area contributed by atoms with Crippen molar-refractivity contribution < 1.29 is 44.1 Å². The second-order valence-electron chi connectivity index (χ2n) is 3.34. The molecule has 0 amide bonds. The molecule has 0 aliphatic heterocycles. The van der Waals surface area contributed by atoms with Crippen molar-refractivity contribution in [2.24, 2.45) is 0 Å². The zero-order valence-corrected chi connectivity index (χ0v) is 9.87. The van der Waals surface area contributed by atoms with Crippen LogP contribution in [0.3, 0.4) is 0 Å². The van der Waals surface area contributed by atoms with Crippen molar-refractivity contribution >= 4 is 30.8 Å². The van der Waals surface area contributed by atoms with Gasteiger partial charge in [0.15, 0.2) is 0 Å². The monoisotopic (exact) mass is 290 g/mol. The Bertz CT molecular complexity index is 627. The van der Waals surface area contributed by atoms with Gasteiger partial charge < -0.3 is 25.1 Å². The first-order chi connectivity index (χ1) is 8.57. The number of carboxylic acid groups (broad SMARTS) is 3. The molecule has 0 fully saturated rings. The van der Waals surface area contributed by atoms with Crippen LogP contribution in [0.15, 0.2) is 12.1 Å². The Hall–Kier alpha value is -2.22. The van der Waals surface area contributed by atoms with Crippen molar-refractivity contribution in [3.05, 3.63) is 28.8 Å². The molecule has 0 heterocycles. The normalized spacial score (nSPS) is 11.1. The number of rotatable bonds is 4. The lowest BCUT2D eigenvalue weighted by Crippen LogP contribution is -2.26. The Kier molecular flexibility index (Phi) is 3.75. The van der Waals surface area contributed by atoms with Crippen LogP contribution >= 0.6 is 7.60 Å². The van der Waals surface area contributed by atoms with E-state index in [4.69, 9.17) is 25.1 Å². The highest BCUT2D eigenvalue weighted by atomic mass is 31.2. The van der Waals surface area contributed by atoms with Gasteiger partial charge in [0, 0.05) is 0 Å². The van der Waals surface area contributed by atoms with Crippen LogP contribution in [0.2, 0.25) is 0 Å². The van der Waals surface area contributed by atoms with Crippen molar-refractivity contribution in [2.45, 2.75) is 0 Å². The highest BCUT2D eigenvalue weighted by molar-refractivity contribution is 7.60. The second kappa shape index (κ2) is 4.81. The summed E-state index contributed by atoms with van der Waals surface area (Å²) in [5.74, 6) is -5.47. The maximum Gasteiger partial charge on any atom is 0.358 e. The largest absolute Gasteiger partial charge is 0.478 e. The number of aromatic carboxylic acids is 3. The third kappa shape index (κ3) is 2.79. The van der Waals surface area contributed by atoms with Crippen LogP contribution in [0.4, 0.5) is 0 Å². The van der Waals surface area contributed by atoms with Gasteiger partial charge in [0.25, 0.3) is 0 Å². The first kappa shape index (κ1) is 14.8. The Morgan fingerprint density at radius 3 is 1.58 bits per heavy atom. The standard InChI is InChI=1S/C9H7O9P/c10-7(11)3-1-2-4(8(12)13)6(19(16,17)18)5(3)9(14)15/h1-2H,(H,10,11)(H,12,13)(H,14,15)(H2,16,17,18). The molecular weight excluding hydrogens is 283 g/mol. The Labute approximate surface area is 104 Å². The molecule has 0 aromatic heterocycles. The molecule has 1 rings (SSSR count). The summed E-state index contributed by atoms with van der Waals surface area (Å²) in [5.41, 5.74) is -3.10. The highest BCUT2D eigenvalue weighted by Crippen LogP contribution is 2.37. The molecule has 0 radical (unpaired) electrons. The van der Waals surface area contributed by atoms with Crippen LogP contribution < -0.4 is 5.30 Å². The van der Waals surface area contributed by atoms with E-state index in [0.717, 1.165) is 0 Å². The van der Waals surface area contributed by atoms with Gasteiger partial charge in [0.2, 0.25) is 0 Å². The van der Waals surface area contributed by atoms with E-state index >= 15 is 0 Å². The van der Waals surface area contributed by atoms with Gasteiger partial charge in [-0.1, -0.05) is 0 Å². The van der Waals surface area contributed by atoms with E-state index in [1.165, 1.54) is 0 Å². The van der Waals surface area contributed by atoms with Gasteiger partial charge in [0.1, 0.15) is 0 Å². The molecule has 0 bridgehead atoms. The molecule has 1 aromatic carbocycles. The number of carbonyl (C=O) groups is 3. The lowest BCUT2D eigenvalue weighted by atomic mass is 10.0. The topological polar surface area (TPSA) is 169 Å². The third-order valence-electron chi connectivity index (χ3n) is 2.14. The van der Waals surface area contributed by atoms with E-state index in [0.29, 0.717) is 12.1 Å². The van der Waals surface area contributed by atoms with E-state index in [1.807, 2.05) is 0 Å². The van der Waals surface area contributed by atoms with Gasteiger partial charge in [-0.15, -0.1) is 0 Å². The molecule has 0 saturated heterocycles. The molecule has 10 heteroatoms. The summed E-state index contributed by atoms with van der Waals surface area (Å²) in [4.78, 5) is 50.7. The molecule has 9 nitrogen and oxygen atoms in total. The molecule has 0 aliphatic rings. The maximum atomic E-state index is 11.2. The van der Waals surface area contributed by atoms with Gasteiger partial charge in [-0.3, -0.25) is 4.57 Å². The first-order valence-electron chi connectivity index (χ1n) is 4.50. The predicted molar refractivity (Wildman–Crippen MR) is 59.0 cm³/mol. The van der Waals surface area contributed by atoms with Crippen molar-refractivity contribution in [1.29, 1.82) is 0 Å². The summed E-state index contributed by atoms with van der Waals surface area (Å²) >= 11 is 0. The number of hydrogen-bond donors (Lipinski definition) is 5. The maximum absolute atomic E-state index is 11.2. The van der Waals surface area contributed by atoms with Crippen LogP contribution in [0.1, 0.15) is 31.1 Å². The molecular formula is C9H7O9P. The molecule has 5 N–H and O–H groups in total. The number of hydrogen-bond acceptors (Lipinski definition) is 4. The summed E-state index contributed by atoms with van der Waals surface area (Å²) in [6.07, 6.45) is 0. The van der Waals surface area contributed by atoms with Crippen LogP contribution in [-0.4, -0.2) is 43.0 Å². The molecule has 0 unspecified atom stereocenters. The Morgan fingerprint density at radius 2 is 1.26 bits per heavy atom. The minimum atomic E-state index is -5.29. The smallest absolute Gasteiger partial charge is 0.358 e. The summed E-state index contributed by atoms with van der Waals surface area (Å²) in [6.45, 7) is 0. The van der Waals surface area contributed by atoms with Crippen LogP contribution in [-0.2, 0) is 4.57 Å². The van der Waals surface area contributed by atoms with Crippen molar-refractivity contribution in [3.8, 4) is 0 Å². The summed E-state index contributed by atoms with van der Waals surface area (Å²) in [5, 5.41) is 25.1. The first-order valence-corrected chi connectivity index (χ1v) is 6.11. The van der Waals surface area contributed by atoms with Crippen LogP contribution in [0.25, 0.3) is 0 Å². The molecule has 19 heavy (non-hydrogen) atoms. The van der Waals surface area contributed by atoms with E-state index in [-0.39, 0.29) is 0 Å². The van der Waals surface area contributed by atoms with Crippen molar-refractivity contribution in [3.63, 3.8) is 0 Å². The molecule has 0 atom stereocenters. The average Bonchev–Trinajstić information content (AvgIpc) is 2.25. The van der Waals surface area contributed by atoms with Gasteiger partial charge in [0.05, 0.1) is 22.0 Å². The van der Waals surface area contributed by atoms with E-state index < -0.39 is 47.5 Å². The molecule has 0 aliphatic carbocycles. The highest BCUT2D eigenvalue weighted by Gasteiger charge is 2.34. The lowest BCUT2D eigenvalue weighted by molar-refractivity contribution is 0.0650.